The molecule has 41 heavy (non-hydrogen) atoms. The number of nitrogens with zero attached hydrogens (tertiary/aromatic N) is 2. The number of nitrogens with one attached hydrogen (secondary N) is 1. The van der Waals surface area contributed by atoms with Gasteiger partial charge in [0, 0.05) is 23.1 Å². The number of benzene rings is 3. The molecule has 3 aromatic carbocycles. The molecule has 0 spiro atoms. The first-order valence-electron chi connectivity index (χ1n) is 12.9. The summed E-state index contributed by atoms with van der Waals surface area (Å²) in [7, 11) is -2.76. The van der Waals surface area contributed by atoms with Crippen molar-refractivity contribution in [2.75, 3.05) is 24.5 Å². The maximum absolute atomic E-state index is 14.1. The van der Waals surface area contributed by atoms with Crippen molar-refractivity contribution in [1.82, 2.24) is 10.2 Å². The molecule has 0 saturated carbocycles. The number of hydrogen-bond acceptors (Lipinski definition) is 5. The van der Waals surface area contributed by atoms with E-state index in [4.69, 9.17) is 27.9 Å². The van der Waals surface area contributed by atoms with Gasteiger partial charge in [-0.15, -0.1) is 0 Å². The summed E-state index contributed by atoms with van der Waals surface area (Å²) in [6.07, 6.45) is 0.297. The number of methoxy groups -OCH3 is 1. The predicted molar refractivity (Wildman–Crippen MR) is 166 cm³/mol. The van der Waals surface area contributed by atoms with Crippen molar-refractivity contribution in [2.45, 2.75) is 44.7 Å². The van der Waals surface area contributed by atoms with E-state index in [1.807, 2.05) is 6.92 Å². The molecule has 2 amide bonds. The highest BCUT2D eigenvalue weighted by Gasteiger charge is 2.34. The Bertz CT molecular complexity index is 1500. The van der Waals surface area contributed by atoms with Gasteiger partial charge in [0.05, 0.1) is 22.2 Å². The lowest BCUT2D eigenvalue weighted by Crippen LogP contribution is -2.52. The van der Waals surface area contributed by atoms with Crippen LogP contribution in [0.3, 0.4) is 0 Å². The van der Waals surface area contributed by atoms with Gasteiger partial charge in [0.2, 0.25) is 11.8 Å². The van der Waals surface area contributed by atoms with Crippen LogP contribution in [0.4, 0.5) is 5.69 Å². The number of sulfonamides is 1. The summed E-state index contributed by atoms with van der Waals surface area (Å²) in [6.45, 7) is 5.23. The second kappa shape index (κ2) is 14.4. The molecule has 0 aliphatic heterocycles. The minimum Gasteiger partial charge on any atom is -0.496 e. The molecule has 0 fully saturated rings. The summed E-state index contributed by atoms with van der Waals surface area (Å²) >= 11 is 15.8. The largest absolute Gasteiger partial charge is 0.496 e. The molecule has 1 atom stereocenters. The maximum Gasteiger partial charge on any atom is 0.264 e. The van der Waals surface area contributed by atoms with Gasteiger partial charge in [-0.05, 0) is 84.2 Å². The SMILES string of the molecule is CCNC(=O)C(CC)N(Cc1ccc(Cl)cc1Cl)C(=O)CN(c1ccc(C)cc1)S(=O)(=O)c1ccc(OC)c(Br)c1. The lowest BCUT2D eigenvalue weighted by atomic mass is 10.1. The maximum atomic E-state index is 14.1. The third-order valence-electron chi connectivity index (χ3n) is 6.40. The Kier molecular flexibility index (Phi) is 11.5. The van der Waals surface area contributed by atoms with Gasteiger partial charge in [-0.3, -0.25) is 13.9 Å². The topological polar surface area (TPSA) is 96.0 Å². The van der Waals surface area contributed by atoms with Gasteiger partial charge in [-0.1, -0.05) is 53.9 Å². The molecular weight excluding hydrogens is 653 g/mol. The first-order valence-corrected chi connectivity index (χ1v) is 15.9. The van der Waals surface area contributed by atoms with Gasteiger partial charge in [-0.25, -0.2) is 8.42 Å². The summed E-state index contributed by atoms with van der Waals surface area (Å²) in [6, 6.07) is 15.2. The molecule has 1 unspecified atom stereocenters. The van der Waals surface area contributed by atoms with Crippen molar-refractivity contribution < 1.29 is 22.7 Å². The van der Waals surface area contributed by atoms with E-state index in [2.05, 4.69) is 21.2 Å². The molecule has 3 aromatic rings. The van der Waals surface area contributed by atoms with Crippen molar-refractivity contribution in [3.05, 3.63) is 86.3 Å². The molecule has 12 heteroatoms. The van der Waals surface area contributed by atoms with E-state index in [1.54, 1.807) is 56.3 Å². The van der Waals surface area contributed by atoms with Crippen molar-refractivity contribution in [3.63, 3.8) is 0 Å². The van der Waals surface area contributed by atoms with Crippen molar-refractivity contribution in [3.8, 4) is 5.75 Å². The highest BCUT2D eigenvalue weighted by Crippen LogP contribution is 2.31. The molecule has 3 rings (SSSR count). The fourth-order valence-corrected chi connectivity index (χ4v) is 6.82. The number of anilines is 1. The number of carbonyl (C=O) groups excluding carboxylic acids is 2. The van der Waals surface area contributed by atoms with Crippen LogP contribution in [0.5, 0.6) is 5.75 Å². The summed E-state index contributed by atoms with van der Waals surface area (Å²) in [5, 5.41) is 3.52. The number of hydrogen-bond donors (Lipinski definition) is 1. The normalized spacial score (nSPS) is 12.0. The van der Waals surface area contributed by atoms with E-state index in [1.165, 1.54) is 30.2 Å². The monoisotopic (exact) mass is 683 g/mol. The number of carbonyl (C=O) groups is 2. The Morgan fingerprint density at radius 1 is 1.02 bits per heavy atom. The van der Waals surface area contributed by atoms with Crippen molar-refractivity contribution in [2.24, 2.45) is 0 Å². The highest BCUT2D eigenvalue weighted by atomic mass is 79.9. The van der Waals surface area contributed by atoms with Crippen LogP contribution in [0.25, 0.3) is 0 Å². The Balaban J connectivity index is 2.10. The van der Waals surface area contributed by atoms with Crippen LogP contribution in [0, 0.1) is 6.92 Å². The number of rotatable bonds is 12. The third-order valence-corrected chi connectivity index (χ3v) is 9.38. The van der Waals surface area contributed by atoms with Gasteiger partial charge in [-0.2, -0.15) is 0 Å². The standard InChI is InChI=1S/C29H32BrCl2N3O5S/c1-5-26(29(37)33-6-2)34(17-20-9-10-21(31)15-25(20)32)28(36)18-35(22-11-7-19(3)8-12-22)41(38,39)23-13-14-27(40-4)24(30)16-23/h7-16,26H,5-6,17-18H2,1-4H3,(H,33,37). The average Bonchev–Trinajstić information content (AvgIpc) is 2.93. The van der Waals surface area contributed by atoms with Gasteiger partial charge in [0.1, 0.15) is 18.3 Å². The van der Waals surface area contributed by atoms with Gasteiger partial charge in [0.15, 0.2) is 0 Å². The molecule has 0 heterocycles. The van der Waals surface area contributed by atoms with Crippen LogP contribution in [0.15, 0.2) is 70.0 Å². The Morgan fingerprint density at radius 2 is 1.71 bits per heavy atom. The van der Waals surface area contributed by atoms with Gasteiger partial charge in [0.25, 0.3) is 10.0 Å². The molecule has 0 saturated heterocycles. The van der Waals surface area contributed by atoms with Crippen LogP contribution in [-0.4, -0.2) is 51.4 Å². The zero-order valence-corrected chi connectivity index (χ0v) is 27.1. The fraction of sp³-hybridized carbons (Fsp3) is 0.310. The van der Waals surface area contributed by atoms with E-state index in [0.717, 1.165) is 9.87 Å². The molecule has 1 N–H and O–H groups in total. The molecule has 0 bridgehead atoms. The van der Waals surface area contributed by atoms with Gasteiger partial charge >= 0.3 is 0 Å². The molecule has 0 aromatic heterocycles. The molecule has 0 aliphatic carbocycles. The summed E-state index contributed by atoms with van der Waals surface area (Å²) in [5.41, 5.74) is 1.79. The molecule has 0 radical (unpaired) electrons. The van der Waals surface area contributed by atoms with Crippen LogP contribution in [0.2, 0.25) is 10.0 Å². The first-order chi connectivity index (χ1) is 19.4. The molecule has 0 aliphatic rings. The smallest absolute Gasteiger partial charge is 0.264 e. The quantitative estimate of drug-likeness (QED) is 0.245. The van der Waals surface area contributed by atoms with Crippen LogP contribution < -0.4 is 14.4 Å². The highest BCUT2D eigenvalue weighted by molar-refractivity contribution is 9.10. The van der Waals surface area contributed by atoms with E-state index in [0.29, 0.717) is 44.5 Å². The van der Waals surface area contributed by atoms with Crippen LogP contribution in [0.1, 0.15) is 31.4 Å². The number of amides is 2. The van der Waals surface area contributed by atoms with Crippen molar-refractivity contribution in [1.29, 1.82) is 0 Å². The second-order valence-corrected chi connectivity index (χ2v) is 12.8. The third kappa shape index (κ3) is 7.94. The van der Waals surface area contributed by atoms with E-state index < -0.39 is 28.5 Å². The number of likely N-dealkylation sites (N-methyl/N-ethyl adjacent to an activating group) is 1. The lowest BCUT2D eigenvalue weighted by molar-refractivity contribution is -0.140. The summed E-state index contributed by atoms with van der Waals surface area (Å²) < 4.78 is 34.8. The molecular formula is C29H32BrCl2N3O5S. The Morgan fingerprint density at radius 3 is 2.27 bits per heavy atom. The van der Waals surface area contributed by atoms with Gasteiger partial charge < -0.3 is 15.0 Å². The molecule has 8 nitrogen and oxygen atoms in total. The minimum atomic E-state index is -4.24. The number of ether oxygens (including phenoxy) is 1. The zero-order chi connectivity index (χ0) is 30.3. The Labute approximate surface area is 259 Å². The predicted octanol–water partition coefficient (Wildman–Crippen LogP) is 6.21. The lowest BCUT2D eigenvalue weighted by Gasteiger charge is -2.33. The minimum absolute atomic E-state index is 0.0274. The van der Waals surface area contributed by atoms with E-state index in [9.17, 15) is 18.0 Å². The van der Waals surface area contributed by atoms with Crippen molar-refractivity contribution >= 4 is 66.7 Å². The number of aryl methyl sites for hydroxylation is 1. The van der Waals surface area contributed by atoms with E-state index >= 15 is 0 Å². The average molecular weight is 685 g/mol. The van der Waals surface area contributed by atoms with E-state index in [-0.39, 0.29) is 17.3 Å². The first kappa shape index (κ1) is 32.7. The molecule has 220 valence electrons. The fourth-order valence-electron chi connectivity index (χ4n) is 4.22. The van der Waals surface area contributed by atoms with Crippen LogP contribution in [-0.2, 0) is 26.2 Å². The van der Waals surface area contributed by atoms with Crippen LogP contribution >= 0.6 is 39.1 Å². The summed E-state index contributed by atoms with van der Waals surface area (Å²) in [5.74, 6) is -0.469. The Hall–Kier alpha value is -2.79. The zero-order valence-electron chi connectivity index (χ0n) is 23.2. The summed E-state index contributed by atoms with van der Waals surface area (Å²) in [4.78, 5) is 28.4. The number of halogens is 3. The second-order valence-electron chi connectivity index (χ2n) is 9.22.